The second kappa shape index (κ2) is 13.7. The zero-order valence-electron chi connectivity index (χ0n) is 20.7. The van der Waals surface area contributed by atoms with Crippen LogP contribution in [0.15, 0.2) is 110 Å². The first-order valence-corrected chi connectivity index (χ1v) is 12.8. The van der Waals surface area contributed by atoms with Crippen molar-refractivity contribution in [2.24, 2.45) is 20.5 Å². The van der Waals surface area contributed by atoms with Crippen LogP contribution in [0.4, 0.5) is 28.4 Å². The van der Waals surface area contributed by atoms with Gasteiger partial charge in [-0.1, -0.05) is 30.3 Å². The molecule has 0 amide bonds. The molecule has 10 nitrogen and oxygen atoms in total. The van der Waals surface area contributed by atoms with Gasteiger partial charge >= 0.3 is 29.6 Å². The number of azo groups is 2. The van der Waals surface area contributed by atoms with Crippen LogP contribution in [0.25, 0.3) is 10.8 Å². The maximum Gasteiger partial charge on any atom is 1.00 e. The molecule has 0 spiro atoms. The molecule has 0 heterocycles. The van der Waals surface area contributed by atoms with Crippen molar-refractivity contribution in [2.75, 3.05) is 31.2 Å². The molecule has 2 N–H and O–H groups in total. The molecule has 4 rings (SSSR count). The van der Waals surface area contributed by atoms with Crippen molar-refractivity contribution in [3.05, 3.63) is 84.9 Å². The number of benzene rings is 4. The van der Waals surface area contributed by atoms with E-state index in [0.717, 1.165) is 16.5 Å². The predicted octanol–water partition coefficient (Wildman–Crippen LogP) is 2.37. The molecule has 0 unspecified atom stereocenters. The third-order valence-corrected chi connectivity index (χ3v) is 6.32. The number of aliphatic hydroxyl groups is 2. The Labute approximate surface area is 242 Å². The molecule has 0 atom stereocenters. The third kappa shape index (κ3) is 7.51. The van der Waals surface area contributed by atoms with Gasteiger partial charge in [0.1, 0.15) is 10.1 Å². The Morgan fingerprint density at radius 3 is 1.76 bits per heavy atom. The van der Waals surface area contributed by atoms with Gasteiger partial charge < -0.3 is 19.7 Å². The van der Waals surface area contributed by atoms with Crippen molar-refractivity contribution in [2.45, 2.75) is 4.90 Å². The minimum Gasteiger partial charge on any atom is -0.744 e. The van der Waals surface area contributed by atoms with Crippen molar-refractivity contribution in [3.8, 4) is 0 Å². The Bertz CT molecular complexity index is 1540. The molecular weight excluding hydrogens is 517 g/mol. The molecular formula is C26H24N5NaO5S. The van der Waals surface area contributed by atoms with Gasteiger partial charge in [-0.2, -0.15) is 10.2 Å². The minimum atomic E-state index is -4.59. The molecule has 0 aliphatic heterocycles. The van der Waals surface area contributed by atoms with E-state index in [1.807, 2.05) is 53.4 Å². The number of rotatable bonds is 10. The summed E-state index contributed by atoms with van der Waals surface area (Å²) in [6.45, 7) is 0.803. The number of aliphatic hydroxyl groups excluding tert-OH is 2. The quantitative estimate of drug-likeness (QED) is 0.179. The monoisotopic (exact) mass is 541 g/mol. The van der Waals surface area contributed by atoms with E-state index >= 15 is 0 Å². The zero-order chi connectivity index (χ0) is 26.3. The van der Waals surface area contributed by atoms with Gasteiger partial charge in [-0.3, -0.25) is 0 Å². The van der Waals surface area contributed by atoms with E-state index in [9.17, 15) is 23.2 Å². The number of fused-ring (bicyclic) bond motifs is 1. The van der Waals surface area contributed by atoms with E-state index in [1.165, 1.54) is 18.2 Å². The average molecular weight is 542 g/mol. The second-order valence-electron chi connectivity index (χ2n) is 7.95. The molecule has 4 aromatic rings. The maximum absolute atomic E-state index is 11.3. The number of hydrogen-bond acceptors (Lipinski definition) is 10. The third-order valence-electron chi connectivity index (χ3n) is 5.49. The normalized spacial score (nSPS) is 11.8. The van der Waals surface area contributed by atoms with Crippen LogP contribution < -0.4 is 34.5 Å². The zero-order valence-corrected chi connectivity index (χ0v) is 23.5. The van der Waals surface area contributed by atoms with Gasteiger partial charge in [0, 0.05) is 29.5 Å². The molecule has 4 aromatic carbocycles. The fourth-order valence-electron chi connectivity index (χ4n) is 3.71. The van der Waals surface area contributed by atoms with E-state index in [1.54, 1.807) is 18.2 Å². The van der Waals surface area contributed by atoms with Gasteiger partial charge in [0.2, 0.25) is 0 Å². The summed E-state index contributed by atoms with van der Waals surface area (Å²) in [4.78, 5) is 1.50. The topological polar surface area (TPSA) is 150 Å². The minimum absolute atomic E-state index is 0. The molecule has 0 saturated carbocycles. The Kier molecular flexibility index (Phi) is 10.6. The van der Waals surface area contributed by atoms with Gasteiger partial charge in [0.25, 0.3) is 0 Å². The molecule has 12 heteroatoms. The SMILES string of the molecule is O=S(=O)([O-])c1cccc(N=Nc2ccc(N=Nc3ccc(N(CCO)CCO)cc3)c3ccccc23)c1.[Na+]. The van der Waals surface area contributed by atoms with Crippen LogP contribution in [0, 0.1) is 0 Å². The largest absolute Gasteiger partial charge is 1.00 e. The van der Waals surface area contributed by atoms with Crippen LogP contribution in [-0.4, -0.2) is 49.5 Å². The maximum atomic E-state index is 11.3. The summed E-state index contributed by atoms with van der Waals surface area (Å²) in [7, 11) is -4.59. The van der Waals surface area contributed by atoms with Crippen molar-refractivity contribution >= 4 is 49.3 Å². The molecule has 0 aliphatic carbocycles. The van der Waals surface area contributed by atoms with Gasteiger partial charge in [0.05, 0.1) is 40.9 Å². The fourth-order valence-corrected chi connectivity index (χ4v) is 4.22. The second-order valence-corrected chi connectivity index (χ2v) is 9.33. The standard InChI is InChI=1S/C26H25N5O5S.Na/c32-16-14-31(15-17-33)21-10-8-19(9-11-21)27-29-25-12-13-26(24-7-2-1-6-23(24)25)30-28-20-4-3-5-22(18-20)37(34,35)36;/h1-13,18,32-33H,14-17H2,(H,34,35,36);/q;+1/p-1. The van der Waals surface area contributed by atoms with Crippen molar-refractivity contribution < 1.29 is 52.7 Å². The molecule has 0 saturated heterocycles. The van der Waals surface area contributed by atoms with Crippen molar-refractivity contribution in [1.82, 2.24) is 0 Å². The van der Waals surface area contributed by atoms with Crippen LogP contribution >= 0.6 is 0 Å². The smallest absolute Gasteiger partial charge is 0.744 e. The molecule has 0 aromatic heterocycles. The Morgan fingerprint density at radius 2 is 1.24 bits per heavy atom. The van der Waals surface area contributed by atoms with Gasteiger partial charge in [-0.25, -0.2) is 8.42 Å². The van der Waals surface area contributed by atoms with E-state index < -0.39 is 10.1 Å². The fraction of sp³-hybridized carbons (Fsp3) is 0.154. The van der Waals surface area contributed by atoms with E-state index in [0.29, 0.717) is 30.2 Å². The van der Waals surface area contributed by atoms with Crippen LogP contribution in [0.3, 0.4) is 0 Å². The summed E-state index contributed by atoms with van der Waals surface area (Å²) in [5.41, 5.74) is 2.91. The summed E-state index contributed by atoms with van der Waals surface area (Å²) >= 11 is 0. The summed E-state index contributed by atoms with van der Waals surface area (Å²) in [6, 6.07) is 23.7. The first kappa shape index (κ1) is 29.5. The molecule has 0 bridgehead atoms. The average Bonchev–Trinajstić information content (AvgIpc) is 2.91. The van der Waals surface area contributed by atoms with Gasteiger partial charge in [-0.15, -0.1) is 10.2 Å². The molecule has 0 radical (unpaired) electrons. The van der Waals surface area contributed by atoms with Gasteiger partial charge in [0.15, 0.2) is 0 Å². The van der Waals surface area contributed by atoms with E-state index in [2.05, 4.69) is 20.5 Å². The molecule has 190 valence electrons. The Balaban J connectivity index is 0.00000400. The van der Waals surface area contributed by atoms with Gasteiger partial charge in [-0.05, 0) is 54.6 Å². The number of hydrogen-bond donors (Lipinski definition) is 2. The number of nitrogens with zero attached hydrogens (tertiary/aromatic N) is 5. The van der Waals surface area contributed by atoms with Crippen molar-refractivity contribution in [1.29, 1.82) is 0 Å². The first-order valence-electron chi connectivity index (χ1n) is 11.4. The summed E-state index contributed by atoms with van der Waals surface area (Å²) < 4.78 is 33.8. The van der Waals surface area contributed by atoms with Crippen LogP contribution in [0.2, 0.25) is 0 Å². The molecule has 38 heavy (non-hydrogen) atoms. The predicted molar refractivity (Wildman–Crippen MR) is 140 cm³/mol. The first-order chi connectivity index (χ1) is 17.9. The van der Waals surface area contributed by atoms with Crippen LogP contribution in [0.5, 0.6) is 0 Å². The summed E-state index contributed by atoms with van der Waals surface area (Å²) in [5.74, 6) is 0. The molecule has 0 aliphatic rings. The number of anilines is 1. The van der Waals surface area contributed by atoms with Crippen molar-refractivity contribution in [3.63, 3.8) is 0 Å². The Morgan fingerprint density at radius 1 is 0.684 bits per heavy atom. The van der Waals surface area contributed by atoms with E-state index in [-0.39, 0.29) is 53.4 Å². The Hall–Kier alpha value is -3.03. The van der Waals surface area contributed by atoms with Crippen LogP contribution in [-0.2, 0) is 10.1 Å². The van der Waals surface area contributed by atoms with Crippen LogP contribution in [0.1, 0.15) is 0 Å². The molecule has 0 fully saturated rings. The summed E-state index contributed by atoms with van der Waals surface area (Å²) in [5, 5.41) is 37.1. The summed E-state index contributed by atoms with van der Waals surface area (Å²) in [6.07, 6.45) is 0. The van der Waals surface area contributed by atoms with E-state index in [4.69, 9.17) is 0 Å².